The second-order valence-corrected chi connectivity index (χ2v) is 6.70. The molecule has 3 heterocycles. The number of nitrogens with two attached hydrogens (primary N) is 1. The number of carbonyl (C=O) groups excluding carboxylic acids is 1. The van der Waals surface area contributed by atoms with Gasteiger partial charge in [0.05, 0.1) is 17.0 Å². The minimum absolute atomic E-state index is 0.0829. The molecule has 8 heteroatoms. The lowest BCUT2D eigenvalue weighted by molar-refractivity contribution is -0.138. The molecule has 156 valence electrons. The largest absolute Gasteiger partial charge is 0.480 e. The summed E-state index contributed by atoms with van der Waals surface area (Å²) >= 11 is 0. The van der Waals surface area contributed by atoms with Gasteiger partial charge in [-0.15, -0.1) is 0 Å². The van der Waals surface area contributed by atoms with Gasteiger partial charge in [0, 0.05) is 30.4 Å². The van der Waals surface area contributed by atoms with E-state index in [2.05, 4.69) is 20.3 Å². The molecule has 30 heavy (non-hydrogen) atoms. The molecule has 2 aromatic heterocycles. The van der Waals surface area contributed by atoms with Gasteiger partial charge >= 0.3 is 5.97 Å². The number of carboxylic acids is 1. The Morgan fingerprint density at radius 3 is 2.80 bits per heavy atom. The molecule has 0 saturated heterocycles. The number of carbonyl (C=O) groups is 2. The fraction of sp³-hybridized carbons (Fsp3) is 0.273. The van der Waals surface area contributed by atoms with Gasteiger partial charge in [0.1, 0.15) is 6.04 Å². The van der Waals surface area contributed by atoms with Crippen LogP contribution >= 0.6 is 0 Å². The topological polar surface area (TPSA) is 134 Å². The summed E-state index contributed by atoms with van der Waals surface area (Å²) in [7, 11) is 0. The molecule has 1 amide bonds. The zero-order valence-corrected chi connectivity index (χ0v) is 17.0. The van der Waals surface area contributed by atoms with Gasteiger partial charge < -0.3 is 21.1 Å². The maximum Gasteiger partial charge on any atom is 0.320 e. The zero-order valence-electron chi connectivity index (χ0n) is 17.0. The van der Waals surface area contributed by atoms with Crippen molar-refractivity contribution in [2.24, 2.45) is 5.73 Å². The van der Waals surface area contributed by atoms with Crippen molar-refractivity contribution < 1.29 is 14.7 Å². The van der Waals surface area contributed by atoms with E-state index in [1.165, 1.54) is 0 Å². The van der Waals surface area contributed by atoms with Crippen LogP contribution in [0.25, 0.3) is 22.8 Å². The number of hydrogen-bond donors (Lipinski definition) is 4. The third-order valence-electron chi connectivity index (χ3n) is 4.69. The summed E-state index contributed by atoms with van der Waals surface area (Å²) in [6.07, 6.45) is 2.64. The molecule has 3 aromatic rings. The van der Waals surface area contributed by atoms with Crippen LogP contribution in [0.4, 0.5) is 0 Å². The molecule has 1 unspecified atom stereocenters. The number of carboxylic acid groups (broad SMARTS) is 1. The number of fused-ring (bicyclic) bond motifs is 1. The van der Waals surface area contributed by atoms with Crippen LogP contribution in [0.3, 0.4) is 0 Å². The lowest BCUT2D eigenvalue weighted by Crippen LogP contribution is -2.32. The molecule has 5 N–H and O–H groups in total. The predicted molar refractivity (Wildman–Crippen MR) is 114 cm³/mol. The van der Waals surface area contributed by atoms with E-state index < -0.39 is 12.0 Å². The highest BCUT2D eigenvalue weighted by molar-refractivity contribution is 5.97. The average Bonchev–Trinajstić information content (AvgIpc) is 3.21. The quantitative estimate of drug-likeness (QED) is 0.513. The summed E-state index contributed by atoms with van der Waals surface area (Å²) in [4.78, 5) is 35.2. The minimum atomic E-state index is -1.04. The summed E-state index contributed by atoms with van der Waals surface area (Å²) in [5.41, 5.74) is 10.2. The fourth-order valence-electron chi connectivity index (χ4n) is 3.26. The van der Waals surface area contributed by atoms with Crippen LogP contribution in [-0.2, 0) is 17.6 Å². The normalized spacial score (nSPS) is 13.5. The smallest absolute Gasteiger partial charge is 0.320 e. The standard InChI is InChI=1S/C20H19N5O3.C2H6/c21-14(20(27)28)9-11-2-1-3-12(8-11)18-22-6-5-16(25-18)17-10-13-15(24-17)4-7-23-19(13)26;1-2/h1-3,5-6,8,10,14,24H,4,7,9,21H2,(H,23,26)(H,27,28);1-2H3. The van der Waals surface area contributed by atoms with Crippen molar-refractivity contribution in [3.8, 4) is 22.8 Å². The molecule has 0 fully saturated rings. The van der Waals surface area contributed by atoms with Crippen LogP contribution in [-0.4, -0.2) is 44.5 Å². The number of amides is 1. The van der Waals surface area contributed by atoms with Crippen LogP contribution in [0.1, 0.15) is 35.5 Å². The monoisotopic (exact) mass is 407 g/mol. The van der Waals surface area contributed by atoms with Crippen molar-refractivity contribution >= 4 is 11.9 Å². The summed E-state index contributed by atoms with van der Waals surface area (Å²) in [6, 6.07) is 9.98. The van der Waals surface area contributed by atoms with E-state index in [9.17, 15) is 9.59 Å². The summed E-state index contributed by atoms with van der Waals surface area (Å²) < 4.78 is 0. The van der Waals surface area contributed by atoms with E-state index in [1.807, 2.05) is 38.1 Å². The van der Waals surface area contributed by atoms with E-state index in [0.717, 1.165) is 28.9 Å². The number of nitrogens with one attached hydrogen (secondary N) is 2. The van der Waals surface area contributed by atoms with Crippen LogP contribution in [0.5, 0.6) is 0 Å². The SMILES string of the molecule is CC.NC(Cc1cccc(-c2nccc(-c3cc4c([nH]3)CCNC4=O)n2)c1)C(=O)O. The van der Waals surface area contributed by atoms with Crippen molar-refractivity contribution in [3.05, 3.63) is 59.4 Å². The number of hydrogen-bond acceptors (Lipinski definition) is 5. The third-order valence-corrected chi connectivity index (χ3v) is 4.69. The Kier molecular flexibility index (Phi) is 6.58. The van der Waals surface area contributed by atoms with Crippen molar-refractivity contribution in [3.63, 3.8) is 0 Å². The number of aromatic nitrogens is 3. The Balaban J connectivity index is 0.00000124. The Hall–Kier alpha value is -3.52. The predicted octanol–water partition coefficient (Wildman–Crippen LogP) is 2.41. The maximum absolute atomic E-state index is 12.0. The molecule has 1 aliphatic rings. The molecular weight excluding hydrogens is 382 g/mol. The molecule has 4 rings (SSSR count). The Morgan fingerprint density at radius 2 is 2.07 bits per heavy atom. The highest BCUT2D eigenvalue weighted by atomic mass is 16.4. The number of nitrogens with zero attached hydrogens (tertiary/aromatic N) is 2. The molecule has 1 aliphatic heterocycles. The van der Waals surface area contributed by atoms with Gasteiger partial charge in [-0.25, -0.2) is 9.97 Å². The first-order valence-electron chi connectivity index (χ1n) is 9.92. The molecule has 0 radical (unpaired) electrons. The third kappa shape index (κ3) is 4.55. The summed E-state index contributed by atoms with van der Waals surface area (Å²) in [5.74, 6) is -0.607. The highest BCUT2D eigenvalue weighted by Crippen LogP contribution is 2.25. The van der Waals surface area contributed by atoms with Crippen LogP contribution < -0.4 is 11.1 Å². The van der Waals surface area contributed by atoms with Crippen LogP contribution in [0.2, 0.25) is 0 Å². The van der Waals surface area contributed by atoms with Gasteiger partial charge in [0.15, 0.2) is 5.82 Å². The number of benzene rings is 1. The molecule has 8 nitrogen and oxygen atoms in total. The second-order valence-electron chi connectivity index (χ2n) is 6.70. The van der Waals surface area contributed by atoms with Gasteiger partial charge in [-0.05, 0) is 30.2 Å². The number of aromatic amines is 1. The number of aliphatic carboxylic acids is 1. The van der Waals surface area contributed by atoms with Crippen molar-refractivity contribution in [1.82, 2.24) is 20.3 Å². The molecule has 1 aromatic carbocycles. The van der Waals surface area contributed by atoms with Gasteiger partial charge in [0.2, 0.25) is 0 Å². The van der Waals surface area contributed by atoms with Gasteiger partial charge in [0.25, 0.3) is 5.91 Å². The summed E-state index contributed by atoms with van der Waals surface area (Å²) in [5, 5.41) is 11.8. The minimum Gasteiger partial charge on any atom is -0.480 e. The number of rotatable bonds is 5. The van der Waals surface area contributed by atoms with Crippen molar-refractivity contribution in [2.75, 3.05) is 6.54 Å². The number of H-pyrrole nitrogens is 1. The Bertz CT molecular complexity index is 1060. The van der Waals surface area contributed by atoms with E-state index >= 15 is 0 Å². The van der Waals surface area contributed by atoms with Crippen LogP contribution in [0.15, 0.2) is 42.6 Å². The van der Waals surface area contributed by atoms with Gasteiger partial charge in [-0.3, -0.25) is 9.59 Å². The summed E-state index contributed by atoms with van der Waals surface area (Å²) in [6.45, 7) is 4.62. The van der Waals surface area contributed by atoms with Crippen LogP contribution in [0, 0.1) is 0 Å². The van der Waals surface area contributed by atoms with E-state index in [0.29, 0.717) is 23.6 Å². The molecule has 0 aliphatic carbocycles. The highest BCUT2D eigenvalue weighted by Gasteiger charge is 2.20. The maximum atomic E-state index is 12.0. The van der Waals surface area contributed by atoms with Gasteiger partial charge in [-0.1, -0.05) is 32.0 Å². The average molecular weight is 407 g/mol. The van der Waals surface area contributed by atoms with Gasteiger partial charge in [-0.2, -0.15) is 0 Å². The first-order valence-corrected chi connectivity index (χ1v) is 9.92. The fourth-order valence-corrected chi connectivity index (χ4v) is 3.26. The Morgan fingerprint density at radius 1 is 1.27 bits per heavy atom. The molecular formula is C22H25N5O3. The Labute approximate surface area is 174 Å². The molecule has 0 bridgehead atoms. The zero-order chi connectivity index (χ0) is 21.7. The lowest BCUT2D eigenvalue weighted by Gasteiger charge is -2.10. The molecule has 0 saturated carbocycles. The first-order chi connectivity index (χ1) is 14.5. The van der Waals surface area contributed by atoms with E-state index in [-0.39, 0.29) is 12.3 Å². The molecule has 1 atom stereocenters. The van der Waals surface area contributed by atoms with E-state index in [1.54, 1.807) is 18.3 Å². The van der Waals surface area contributed by atoms with Crippen molar-refractivity contribution in [2.45, 2.75) is 32.7 Å². The van der Waals surface area contributed by atoms with E-state index in [4.69, 9.17) is 10.8 Å². The molecule has 0 spiro atoms. The first kappa shape index (κ1) is 21.2. The van der Waals surface area contributed by atoms with Crippen molar-refractivity contribution in [1.29, 1.82) is 0 Å². The lowest BCUT2D eigenvalue weighted by atomic mass is 10.0. The second kappa shape index (κ2) is 9.32.